The van der Waals surface area contributed by atoms with Gasteiger partial charge >= 0.3 is 6.09 Å². The maximum absolute atomic E-state index is 10.9. The second kappa shape index (κ2) is 4.62. The minimum absolute atomic E-state index is 0.495. The zero-order chi connectivity index (χ0) is 14.2. The van der Waals surface area contributed by atoms with Gasteiger partial charge < -0.3 is 15.4 Å². The van der Waals surface area contributed by atoms with Crippen LogP contribution in [-0.4, -0.2) is 44.9 Å². The van der Waals surface area contributed by atoms with Crippen molar-refractivity contribution in [2.45, 2.75) is 25.4 Å². The Kier molecular flexibility index (Phi) is 2.92. The molecule has 2 aromatic rings. The van der Waals surface area contributed by atoms with Crippen molar-refractivity contribution in [1.29, 1.82) is 0 Å². The smallest absolute Gasteiger partial charge is 0.405 e. The lowest BCUT2D eigenvalue weighted by molar-refractivity contribution is 0.0127. The number of aromatic nitrogens is 4. The molecule has 3 heterocycles. The number of rotatable bonds is 2. The number of primary amides is 1. The van der Waals surface area contributed by atoms with Gasteiger partial charge in [0, 0.05) is 25.9 Å². The van der Waals surface area contributed by atoms with Gasteiger partial charge in [0.05, 0.1) is 11.6 Å². The maximum atomic E-state index is 10.9. The van der Waals surface area contributed by atoms with Gasteiger partial charge in [-0.05, 0) is 6.92 Å². The third-order valence-electron chi connectivity index (χ3n) is 3.69. The maximum Gasteiger partial charge on any atom is 0.405 e. The van der Waals surface area contributed by atoms with Crippen LogP contribution in [0.25, 0.3) is 11.0 Å². The second-order valence-electron chi connectivity index (χ2n) is 5.19. The fourth-order valence-electron chi connectivity index (χ4n) is 2.54. The van der Waals surface area contributed by atoms with Gasteiger partial charge in [0.1, 0.15) is 17.7 Å². The molecule has 1 aliphatic rings. The number of hydrogen-bond donors (Lipinski definition) is 2. The number of amides is 1. The molecule has 1 aliphatic heterocycles. The van der Waals surface area contributed by atoms with Gasteiger partial charge in [-0.1, -0.05) is 0 Å². The standard InChI is InChI=1S/C12H16N6O2/c1-12(20-11(13)19)2-4-18(5-3-12)10-8-6-16-17-9(8)14-7-15-10/h6-7H,2-5H2,1H3,(H2,13,19)(H,14,15,16,17). The minimum Gasteiger partial charge on any atom is -0.443 e. The Labute approximate surface area is 115 Å². The van der Waals surface area contributed by atoms with Crippen LogP contribution in [0.15, 0.2) is 12.5 Å². The van der Waals surface area contributed by atoms with Crippen LogP contribution in [0.1, 0.15) is 19.8 Å². The number of piperidine rings is 1. The summed E-state index contributed by atoms with van der Waals surface area (Å²) in [6.45, 7) is 3.38. The van der Waals surface area contributed by atoms with E-state index < -0.39 is 11.7 Å². The predicted octanol–water partition coefficient (Wildman–Crippen LogP) is 0.807. The highest BCUT2D eigenvalue weighted by atomic mass is 16.6. The first-order valence-corrected chi connectivity index (χ1v) is 6.45. The molecule has 1 fully saturated rings. The van der Waals surface area contributed by atoms with Crippen molar-refractivity contribution in [3.63, 3.8) is 0 Å². The van der Waals surface area contributed by atoms with Crippen molar-refractivity contribution >= 4 is 22.9 Å². The number of fused-ring (bicyclic) bond motifs is 1. The molecule has 0 unspecified atom stereocenters. The third-order valence-corrected chi connectivity index (χ3v) is 3.69. The van der Waals surface area contributed by atoms with Crippen molar-refractivity contribution in [3.05, 3.63) is 12.5 Å². The molecule has 8 nitrogen and oxygen atoms in total. The lowest BCUT2D eigenvalue weighted by Crippen LogP contribution is -2.46. The molecule has 0 saturated carbocycles. The predicted molar refractivity (Wildman–Crippen MR) is 72.2 cm³/mol. The lowest BCUT2D eigenvalue weighted by atomic mass is 9.93. The number of aromatic amines is 1. The quantitative estimate of drug-likeness (QED) is 0.839. The summed E-state index contributed by atoms with van der Waals surface area (Å²) in [6.07, 6.45) is 3.93. The summed E-state index contributed by atoms with van der Waals surface area (Å²) < 4.78 is 5.20. The zero-order valence-corrected chi connectivity index (χ0v) is 11.2. The molecular weight excluding hydrogens is 260 g/mol. The Hall–Kier alpha value is -2.38. The molecule has 20 heavy (non-hydrogen) atoms. The van der Waals surface area contributed by atoms with Crippen LogP contribution in [0.2, 0.25) is 0 Å². The van der Waals surface area contributed by atoms with Gasteiger partial charge in [0.15, 0.2) is 5.65 Å². The first-order valence-electron chi connectivity index (χ1n) is 6.45. The molecule has 2 aromatic heterocycles. The minimum atomic E-state index is -0.722. The average Bonchev–Trinajstić information content (AvgIpc) is 2.86. The summed E-state index contributed by atoms with van der Waals surface area (Å²) in [4.78, 5) is 21.5. The van der Waals surface area contributed by atoms with E-state index in [0.29, 0.717) is 12.8 Å². The fourth-order valence-corrected chi connectivity index (χ4v) is 2.54. The largest absolute Gasteiger partial charge is 0.443 e. The lowest BCUT2D eigenvalue weighted by Gasteiger charge is -2.38. The van der Waals surface area contributed by atoms with Crippen LogP contribution in [0.3, 0.4) is 0 Å². The monoisotopic (exact) mass is 276 g/mol. The number of nitrogens with two attached hydrogens (primary N) is 1. The highest BCUT2D eigenvalue weighted by Gasteiger charge is 2.34. The number of carbonyl (C=O) groups excluding carboxylic acids is 1. The van der Waals surface area contributed by atoms with E-state index in [2.05, 4.69) is 25.1 Å². The second-order valence-corrected chi connectivity index (χ2v) is 5.19. The van der Waals surface area contributed by atoms with E-state index in [-0.39, 0.29) is 0 Å². The Morgan fingerprint density at radius 1 is 1.45 bits per heavy atom. The Balaban J connectivity index is 1.78. The van der Waals surface area contributed by atoms with E-state index in [0.717, 1.165) is 29.9 Å². The normalized spacial score (nSPS) is 18.1. The summed E-state index contributed by atoms with van der Waals surface area (Å²) in [5, 5.41) is 7.71. The van der Waals surface area contributed by atoms with E-state index in [1.54, 1.807) is 6.20 Å². The van der Waals surface area contributed by atoms with Gasteiger partial charge in [-0.3, -0.25) is 5.10 Å². The molecule has 3 N–H and O–H groups in total. The van der Waals surface area contributed by atoms with Crippen LogP contribution in [-0.2, 0) is 4.74 Å². The molecule has 1 amide bonds. The molecular formula is C12H16N6O2. The van der Waals surface area contributed by atoms with Crippen LogP contribution in [0.4, 0.5) is 10.6 Å². The highest BCUT2D eigenvalue weighted by Crippen LogP contribution is 2.30. The molecule has 8 heteroatoms. The van der Waals surface area contributed by atoms with E-state index in [9.17, 15) is 4.79 Å². The Morgan fingerprint density at radius 2 is 2.20 bits per heavy atom. The molecule has 3 rings (SSSR count). The fraction of sp³-hybridized carbons (Fsp3) is 0.500. The highest BCUT2D eigenvalue weighted by molar-refractivity contribution is 5.86. The summed E-state index contributed by atoms with van der Waals surface area (Å²) >= 11 is 0. The molecule has 0 spiro atoms. The summed E-state index contributed by atoms with van der Waals surface area (Å²) in [6, 6.07) is 0. The first kappa shape index (κ1) is 12.6. The molecule has 0 atom stereocenters. The van der Waals surface area contributed by atoms with Crippen LogP contribution in [0, 0.1) is 0 Å². The molecule has 0 aliphatic carbocycles. The number of nitrogens with one attached hydrogen (secondary N) is 1. The number of H-pyrrole nitrogens is 1. The van der Waals surface area contributed by atoms with E-state index in [1.165, 1.54) is 6.33 Å². The van der Waals surface area contributed by atoms with Crippen molar-refractivity contribution in [2.75, 3.05) is 18.0 Å². The third kappa shape index (κ3) is 2.24. The van der Waals surface area contributed by atoms with E-state index in [4.69, 9.17) is 10.5 Å². The number of hydrogen-bond acceptors (Lipinski definition) is 6. The first-order chi connectivity index (χ1) is 9.57. The van der Waals surface area contributed by atoms with Gasteiger partial charge in [0.25, 0.3) is 0 Å². The Bertz CT molecular complexity index is 632. The van der Waals surface area contributed by atoms with E-state index in [1.807, 2.05) is 6.92 Å². The summed E-state index contributed by atoms with van der Waals surface area (Å²) in [7, 11) is 0. The average molecular weight is 276 g/mol. The Morgan fingerprint density at radius 3 is 2.90 bits per heavy atom. The number of nitrogens with zero attached hydrogens (tertiary/aromatic N) is 4. The molecule has 0 bridgehead atoms. The van der Waals surface area contributed by atoms with Crippen LogP contribution < -0.4 is 10.6 Å². The summed E-state index contributed by atoms with van der Waals surface area (Å²) in [5.74, 6) is 0.852. The van der Waals surface area contributed by atoms with Crippen molar-refractivity contribution < 1.29 is 9.53 Å². The molecule has 106 valence electrons. The van der Waals surface area contributed by atoms with Crippen molar-refractivity contribution in [2.24, 2.45) is 5.73 Å². The zero-order valence-electron chi connectivity index (χ0n) is 11.2. The van der Waals surface area contributed by atoms with Gasteiger partial charge in [-0.25, -0.2) is 14.8 Å². The van der Waals surface area contributed by atoms with Crippen LogP contribution >= 0.6 is 0 Å². The molecule has 0 aromatic carbocycles. The number of ether oxygens (including phenoxy) is 1. The summed E-state index contributed by atoms with van der Waals surface area (Å²) in [5.41, 5.74) is 5.33. The van der Waals surface area contributed by atoms with Gasteiger partial charge in [-0.15, -0.1) is 0 Å². The van der Waals surface area contributed by atoms with Crippen molar-refractivity contribution in [1.82, 2.24) is 20.2 Å². The van der Waals surface area contributed by atoms with E-state index >= 15 is 0 Å². The van der Waals surface area contributed by atoms with Gasteiger partial charge in [0.2, 0.25) is 0 Å². The number of anilines is 1. The SMILES string of the molecule is CC1(OC(N)=O)CCN(c2ncnc3[nH]ncc23)CC1. The van der Waals surface area contributed by atoms with Crippen LogP contribution in [0.5, 0.6) is 0 Å². The van der Waals surface area contributed by atoms with Gasteiger partial charge in [-0.2, -0.15) is 5.10 Å². The number of carbonyl (C=O) groups is 1. The molecule has 1 saturated heterocycles. The topological polar surface area (TPSA) is 110 Å². The van der Waals surface area contributed by atoms with Crippen molar-refractivity contribution in [3.8, 4) is 0 Å². The molecule has 0 radical (unpaired) electrons.